The Morgan fingerprint density at radius 3 is 2.71 bits per heavy atom. The number of fused-ring (bicyclic) bond motifs is 4. The van der Waals surface area contributed by atoms with Gasteiger partial charge >= 0.3 is 0 Å². The van der Waals surface area contributed by atoms with Gasteiger partial charge in [-0.1, -0.05) is 19.9 Å². The molecule has 0 bridgehead atoms. The van der Waals surface area contributed by atoms with Crippen molar-refractivity contribution in [3.05, 3.63) is 58.8 Å². The zero-order chi connectivity index (χ0) is 21.8. The summed E-state index contributed by atoms with van der Waals surface area (Å²) in [5.74, 6) is 0.556. The van der Waals surface area contributed by atoms with Crippen molar-refractivity contribution in [2.24, 2.45) is 0 Å². The number of nitrogens with zero attached hydrogens (tertiary/aromatic N) is 1. The molecule has 3 aromatic rings. The van der Waals surface area contributed by atoms with Crippen LogP contribution in [0.3, 0.4) is 0 Å². The summed E-state index contributed by atoms with van der Waals surface area (Å²) in [7, 11) is 0. The number of ether oxygens (including phenoxy) is 1. The van der Waals surface area contributed by atoms with Crippen molar-refractivity contribution in [2.45, 2.75) is 19.3 Å². The molecule has 0 spiro atoms. The van der Waals surface area contributed by atoms with Gasteiger partial charge in [-0.3, -0.25) is 9.59 Å². The molecule has 1 saturated heterocycles. The molecule has 1 fully saturated rings. The summed E-state index contributed by atoms with van der Waals surface area (Å²) in [6.07, 6.45) is 0. The van der Waals surface area contributed by atoms with Gasteiger partial charge in [0.25, 0.3) is 5.91 Å². The smallest absolute Gasteiger partial charge is 0.260 e. The molecule has 2 heterocycles. The molecule has 1 aromatic heterocycles. The van der Waals surface area contributed by atoms with Crippen LogP contribution in [0.25, 0.3) is 10.9 Å². The second-order valence-electron chi connectivity index (χ2n) is 8.76. The van der Waals surface area contributed by atoms with Gasteiger partial charge in [0.1, 0.15) is 5.75 Å². The highest BCUT2D eigenvalue weighted by atomic mass is 16.5. The van der Waals surface area contributed by atoms with Crippen molar-refractivity contribution in [3.63, 3.8) is 0 Å². The van der Waals surface area contributed by atoms with E-state index in [1.54, 1.807) is 6.07 Å². The molecule has 1 aliphatic heterocycles. The minimum atomic E-state index is -0.436. The standard InChI is InChI=1S/C24H26N4O3/c1-24(2)18-12-15(31-13-20(29)28-9-7-26-8-10-28)4-6-16(18)22(30)21-17-5-3-14(25)11-19(17)27-23(21)24/h3-6,11-12,26-27H,7-10,13,25H2,1-2H3. The fourth-order valence-corrected chi connectivity index (χ4v) is 4.67. The number of rotatable bonds is 3. The van der Waals surface area contributed by atoms with Crippen LogP contribution >= 0.6 is 0 Å². The molecule has 0 saturated carbocycles. The lowest BCUT2D eigenvalue weighted by Crippen LogP contribution is -2.47. The normalized spacial score (nSPS) is 17.4. The van der Waals surface area contributed by atoms with Crippen LogP contribution < -0.4 is 15.8 Å². The van der Waals surface area contributed by atoms with Crippen LogP contribution in [-0.2, 0) is 10.2 Å². The summed E-state index contributed by atoms with van der Waals surface area (Å²) >= 11 is 0. The number of hydrogen-bond donors (Lipinski definition) is 3. The molecule has 4 N–H and O–H groups in total. The van der Waals surface area contributed by atoms with E-state index in [0.717, 1.165) is 35.2 Å². The fourth-order valence-electron chi connectivity index (χ4n) is 4.67. The third-order valence-corrected chi connectivity index (χ3v) is 6.42. The third kappa shape index (κ3) is 3.16. The lowest BCUT2D eigenvalue weighted by Gasteiger charge is -2.32. The third-order valence-electron chi connectivity index (χ3n) is 6.42. The van der Waals surface area contributed by atoms with Crippen LogP contribution in [0.1, 0.15) is 41.0 Å². The van der Waals surface area contributed by atoms with E-state index >= 15 is 0 Å². The predicted molar refractivity (Wildman–Crippen MR) is 120 cm³/mol. The van der Waals surface area contributed by atoms with E-state index in [4.69, 9.17) is 10.5 Å². The van der Waals surface area contributed by atoms with Crippen LogP contribution in [-0.4, -0.2) is 54.4 Å². The molecule has 2 aliphatic rings. The number of piperazine rings is 1. The Kier molecular flexibility index (Phi) is 4.51. The molecule has 31 heavy (non-hydrogen) atoms. The summed E-state index contributed by atoms with van der Waals surface area (Å²) < 4.78 is 5.83. The number of anilines is 1. The van der Waals surface area contributed by atoms with Crippen LogP contribution in [0.2, 0.25) is 0 Å². The van der Waals surface area contributed by atoms with Crippen molar-refractivity contribution in [1.82, 2.24) is 15.2 Å². The van der Waals surface area contributed by atoms with E-state index in [-0.39, 0.29) is 18.3 Å². The van der Waals surface area contributed by atoms with Crippen molar-refractivity contribution < 1.29 is 14.3 Å². The van der Waals surface area contributed by atoms with Crippen molar-refractivity contribution in [1.29, 1.82) is 0 Å². The second-order valence-corrected chi connectivity index (χ2v) is 8.76. The van der Waals surface area contributed by atoms with E-state index in [9.17, 15) is 9.59 Å². The number of amides is 1. The van der Waals surface area contributed by atoms with Gasteiger partial charge in [-0.05, 0) is 35.9 Å². The first-order valence-electron chi connectivity index (χ1n) is 10.6. The van der Waals surface area contributed by atoms with Gasteiger partial charge in [0.05, 0.1) is 5.56 Å². The highest BCUT2D eigenvalue weighted by molar-refractivity contribution is 6.20. The molecular formula is C24H26N4O3. The highest BCUT2D eigenvalue weighted by Gasteiger charge is 2.39. The Bertz CT molecular complexity index is 1200. The first kappa shape index (κ1) is 19.6. The Morgan fingerprint density at radius 2 is 1.94 bits per heavy atom. The Morgan fingerprint density at radius 1 is 1.16 bits per heavy atom. The zero-order valence-electron chi connectivity index (χ0n) is 17.7. The molecule has 1 aliphatic carbocycles. The van der Waals surface area contributed by atoms with Gasteiger partial charge in [0.2, 0.25) is 0 Å². The maximum atomic E-state index is 13.4. The second kappa shape index (κ2) is 7.13. The minimum absolute atomic E-state index is 0.00985. The lowest BCUT2D eigenvalue weighted by atomic mass is 9.71. The number of H-pyrrole nitrogens is 1. The number of carbonyl (C=O) groups is 2. The van der Waals surface area contributed by atoms with Gasteiger partial charge in [-0.15, -0.1) is 0 Å². The van der Waals surface area contributed by atoms with Gasteiger partial charge in [0, 0.05) is 59.4 Å². The Hall–Kier alpha value is -3.32. The van der Waals surface area contributed by atoms with Crippen LogP contribution in [0.15, 0.2) is 36.4 Å². The number of carbonyl (C=O) groups excluding carboxylic acids is 2. The Labute approximate surface area is 180 Å². The minimum Gasteiger partial charge on any atom is -0.484 e. The molecule has 160 valence electrons. The summed E-state index contributed by atoms with van der Waals surface area (Å²) in [4.78, 5) is 31.0. The van der Waals surface area contributed by atoms with E-state index in [1.165, 1.54) is 0 Å². The van der Waals surface area contributed by atoms with E-state index < -0.39 is 5.41 Å². The lowest BCUT2D eigenvalue weighted by molar-refractivity contribution is -0.133. The summed E-state index contributed by atoms with van der Waals surface area (Å²) in [5, 5.41) is 4.12. The van der Waals surface area contributed by atoms with Crippen LogP contribution in [0, 0.1) is 0 Å². The molecule has 7 heteroatoms. The molecule has 0 atom stereocenters. The highest BCUT2D eigenvalue weighted by Crippen LogP contribution is 2.44. The molecule has 1 amide bonds. The zero-order valence-corrected chi connectivity index (χ0v) is 17.7. The molecule has 5 rings (SSSR count). The van der Waals surface area contributed by atoms with Gasteiger partial charge in [-0.2, -0.15) is 0 Å². The van der Waals surface area contributed by atoms with Crippen molar-refractivity contribution in [3.8, 4) is 5.75 Å². The van der Waals surface area contributed by atoms with Crippen LogP contribution in [0.5, 0.6) is 5.75 Å². The largest absolute Gasteiger partial charge is 0.484 e. The number of benzene rings is 2. The first-order valence-corrected chi connectivity index (χ1v) is 10.6. The predicted octanol–water partition coefficient (Wildman–Crippen LogP) is 2.43. The molecule has 0 radical (unpaired) electrons. The summed E-state index contributed by atoms with van der Waals surface area (Å²) in [6, 6.07) is 11.1. The molecule has 0 unspecified atom stereocenters. The van der Waals surface area contributed by atoms with E-state index in [0.29, 0.717) is 35.7 Å². The number of nitrogens with one attached hydrogen (secondary N) is 2. The fraction of sp³-hybridized carbons (Fsp3) is 0.333. The van der Waals surface area contributed by atoms with Crippen molar-refractivity contribution in [2.75, 3.05) is 38.5 Å². The number of aromatic nitrogens is 1. The quantitative estimate of drug-likeness (QED) is 0.567. The van der Waals surface area contributed by atoms with Gasteiger partial charge < -0.3 is 25.7 Å². The summed E-state index contributed by atoms with van der Waals surface area (Å²) in [6.45, 7) is 7.17. The molecular weight excluding hydrogens is 392 g/mol. The number of nitrogen functional groups attached to an aromatic ring is 1. The average molecular weight is 418 g/mol. The van der Waals surface area contributed by atoms with Gasteiger partial charge in [-0.25, -0.2) is 0 Å². The molecule has 2 aromatic carbocycles. The van der Waals surface area contributed by atoms with E-state index in [1.807, 2.05) is 35.2 Å². The van der Waals surface area contributed by atoms with Crippen LogP contribution in [0.4, 0.5) is 5.69 Å². The van der Waals surface area contributed by atoms with Gasteiger partial charge in [0.15, 0.2) is 12.4 Å². The van der Waals surface area contributed by atoms with Crippen molar-refractivity contribution >= 4 is 28.3 Å². The number of ketones is 1. The molecule has 7 nitrogen and oxygen atoms in total. The number of nitrogens with two attached hydrogens (primary N) is 1. The maximum Gasteiger partial charge on any atom is 0.260 e. The summed E-state index contributed by atoms with van der Waals surface area (Å²) in [5.41, 5.74) is 10.1. The monoisotopic (exact) mass is 418 g/mol. The average Bonchev–Trinajstić information content (AvgIpc) is 3.16. The first-order chi connectivity index (χ1) is 14.9. The van der Waals surface area contributed by atoms with E-state index in [2.05, 4.69) is 24.1 Å². The number of hydrogen-bond acceptors (Lipinski definition) is 5. The Balaban J connectivity index is 1.46. The number of aromatic amines is 1. The SMILES string of the molecule is CC1(C)c2cc(OCC(=O)N3CCNCC3)ccc2C(=O)c2c1[nH]c1cc(N)ccc21. The maximum absolute atomic E-state index is 13.4. The topological polar surface area (TPSA) is 100 Å².